The van der Waals surface area contributed by atoms with Crippen LogP contribution in [0.3, 0.4) is 0 Å². The number of carbonyl (C=O) groups is 1. The predicted octanol–water partition coefficient (Wildman–Crippen LogP) is 3.51. The molecular formula is C19H22FN3O. The Balaban J connectivity index is 2.27. The van der Waals surface area contributed by atoms with Crippen molar-refractivity contribution in [1.29, 1.82) is 0 Å². The summed E-state index contributed by atoms with van der Waals surface area (Å²) in [7, 11) is 0. The topological polar surface area (TPSA) is 67.2 Å². The zero-order valence-corrected chi connectivity index (χ0v) is 13.9. The first-order chi connectivity index (χ1) is 11.5. The number of anilines is 1. The number of nitrogens with two attached hydrogens (primary N) is 1. The van der Waals surface area contributed by atoms with Gasteiger partial charge in [0.25, 0.3) is 0 Å². The number of hydrogen-bond donors (Lipinski definition) is 3. The van der Waals surface area contributed by atoms with E-state index in [1.54, 1.807) is 18.2 Å². The average molecular weight is 327 g/mol. The van der Waals surface area contributed by atoms with Crippen molar-refractivity contribution in [2.24, 2.45) is 5.73 Å². The Kier molecular flexibility index (Phi) is 6.09. The van der Waals surface area contributed by atoms with E-state index in [9.17, 15) is 9.18 Å². The second-order valence-electron chi connectivity index (χ2n) is 5.48. The zero-order chi connectivity index (χ0) is 17.5. The molecular weight excluding hydrogens is 305 g/mol. The summed E-state index contributed by atoms with van der Waals surface area (Å²) in [4.78, 5) is 11.2. The lowest BCUT2D eigenvalue weighted by molar-refractivity contribution is 0.112. The van der Waals surface area contributed by atoms with E-state index in [-0.39, 0.29) is 5.82 Å². The highest BCUT2D eigenvalue weighted by Crippen LogP contribution is 2.20. The van der Waals surface area contributed by atoms with Gasteiger partial charge in [0.2, 0.25) is 0 Å². The average Bonchev–Trinajstić information content (AvgIpc) is 2.60. The third kappa shape index (κ3) is 4.43. The van der Waals surface area contributed by atoms with E-state index >= 15 is 0 Å². The van der Waals surface area contributed by atoms with E-state index in [0.29, 0.717) is 17.8 Å². The van der Waals surface area contributed by atoms with Crippen LogP contribution in [0.2, 0.25) is 0 Å². The van der Waals surface area contributed by atoms with Gasteiger partial charge in [0.1, 0.15) is 12.1 Å². The molecule has 0 fully saturated rings. The number of allylic oxidation sites excluding steroid dienone is 1. The van der Waals surface area contributed by atoms with Gasteiger partial charge in [0, 0.05) is 23.5 Å². The molecule has 0 aliphatic rings. The highest BCUT2D eigenvalue weighted by atomic mass is 19.1. The van der Waals surface area contributed by atoms with Crippen molar-refractivity contribution < 1.29 is 9.18 Å². The molecule has 0 aromatic heterocycles. The van der Waals surface area contributed by atoms with Gasteiger partial charge in [-0.05, 0) is 54.9 Å². The Morgan fingerprint density at radius 2 is 1.92 bits per heavy atom. The van der Waals surface area contributed by atoms with Crippen molar-refractivity contribution in [3.8, 4) is 0 Å². The summed E-state index contributed by atoms with van der Waals surface area (Å²) in [6.07, 6.45) is 0.847. The monoisotopic (exact) mass is 327 g/mol. The summed E-state index contributed by atoms with van der Waals surface area (Å²) in [6.45, 7) is 5.29. The molecule has 0 saturated carbocycles. The van der Waals surface area contributed by atoms with Gasteiger partial charge in [0.15, 0.2) is 0 Å². The molecule has 2 rings (SSSR count). The van der Waals surface area contributed by atoms with Gasteiger partial charge in [-0.25, -0.2) is 4.39 Å². The molecule has 2 aromatic rings. The van der Waals surface area contributed by atoms with Crippen LogP contribution in [0.4, 0.5) is 10.1 Å². The Morgan fingerprint density at radius 1 is 1.21 bits per heavy atom. The number of halogens is 1. The minimum atomic E-state index is -0.285. The van der Waals surface area contributed by atoms with E-state index < -0.39 is 0 Å². The quantitative estimate of drug-likeness (QED) is 0.681. The normalized spacial score (nSPS) is 11.8. The number of rotatable bonds is 7. The van der Waals surface area contributed by atoms with Crippen LogP contribution in [0.15, 0.2) is 48.2 Å². The van der Waals surface area contributed by atoms with E-state index in [1.165, 1.54) is 12.1 Å². The summed E-state index contributed by atoms with van der Waals surface area (Å²) in [5.41, 5.74) is 10.7. The summed E-state index contributed by atoms with van der Waals surface area (Å²) in [6, 6.07) is 11.6. The smallest absolute Gasteiger partial charge is 0.150 e. The lowest BCUT2D eigenvalue weighted by Crippen LogP contribution is -2.14. The third-order valence-electron chi connectivity index (χ3n) is 3.73. The molecule has 24 heavy (non-hydrogen) atoms. The van der Waals surface area contributed by atoms with E-state index in [2.05, 4.69) is 10.6 Å². The maximum absolute atomic E-state index is 13.0. The molecule has 0 saturated heterocycles. The molecule has 126 valence electrons. The molecule has 0 amide bonds. The maximum atomic E-state index is 13.0. The van der Waals surface area contributed by atoms with Crippen LogP contribution in [0.5, 0.6) is 0 Å². The minimum absolute atomic E-state index is 0.285. The van der Waals surface area contributed by atoms with Gasteiger partial charge < -0.3 is 16.4 Å². The lowest BCUT2D eigenvalue weighted by Gasteiger charge is -2.13. The van der Waals surface area contributed by atoms with Crippen molar-refractivity contribution >= 4 is 17.7 Å². The second-order valence-corrected chi connectivity index (χ2v) is 5.48. The number of hydrogen-bond acceptors (Lipinski definition) is 4. The molecule has 0 unspecified atom stereocenters. The molecule has 0 aliphatic heterocycles. The van der Waals surface area contributed by atoms with Crippen LogP contribution in [-0.2, 0) is 6.54 Å². The molecule has 0 atom stereocenters. The Hall–Kier alpha value is -2.66. The van der Waals surface area contributed by atoms with Crippen molar-refractivity contribution in [3.63, 3.8) is 0 Å². The fraction of sp³-hybridized carbons (Fsp3) is 0.211. The van der Waals surface area contributed by atoms with Crippen LogP contribution in [0, 0.1) is 5.82 Å². The highest BCUT2D eigenvalue weighted by molar-refractivity contribution is 5.79. The second kappa shape index (κ2) is 8.26. The first kappa shape index (κ1) is 17.7. The van der Waals surface area contributed by atoms with Crippen LogP contribution in [-0.4, -0.2) is 12.8 Å². The summed E-state index contributed by atoms with van der Waals surface area (Å²) < 4.78 is 13.0. The summed E-state index contributed by atoms with van der Waals surface area (Å²) in [5, 5.41) is 6.37. The molecule has 4 nitrogen and oxygen atoms in total. The summed E-state index contributed by atoms with van der Waals surface area (Å²) in [5.74, 6) is -0.285. The SMILES string of the molecule is CCNCc1cc(/C(N)=C(\C)Nc2ccc(F)cc2)ccc1C=O. The molecule has 0 bridgehead atoms. The predicted molar refractivity (Wildman–Crippen MR) is 96.0 cm³/mol. The van der Waals surface area contributed by atoms with Crippen molar-refractivity contribution in [1.82, 2.24) is 5.32 Å². The molecule has 4 N–H and O–H groups in total. The first-order valence-corrected chi connectivity index (χ1v) is 7.83. The van der Waals surface area contributed by atoms with Gasteiger partial charge in [0.05, 0.1) is 5.70 Å². The van der Waals surface area contributed by atoms with Crippen LogP contribution < -0.4 is 16.4 Å². The molecule has 0 radical (unpaired) electrons. The first-order valence-electron chi connectivity index (χ1n) is 7.83. The minimum Gasteiger partial charge on any atom is -0.397 e. The third-order valence-corrected chi connectivity index (χ3v) is 3.73. The van der Waals surface area contributed by atoms with E-state index in [4.69, 9.17) is 5.73 Å². The Labute approximate surface area is 141 Å². The molecule has 0 aliphatic carbocycles. The Morgan fingerprint density at radius 3 is 2.54 bits per heavy atom. The number of nitrogens with one attached hydrogen (secondary N) is 2. The van der Waals surface area contributed by atoms with E-state index in [0.717, 1.165) is 35.3 Å². The zero-order valence-electron chi connectivity index (χ0n) is 13.9. The summed E-state index contributed by atoms with van der Waals surface area (Å²) >= 11 is 0. The fourth-order valence-corrected chi connectivity index (χ4v) is 2.33. The van der Waals surface area contributed by atoms with Gasteiger partial charge in [-0.15, -0.1) is 0 Å². The molecule has 0 heterocycles. The molecule has 2 aromatic carbocycles. The van der Waals surface area contributed by atoms with Crippen molar-refractivity contribution in [2.45, 2.75) is 20.4 Å². The van der Waals surface area contributed by atoms with Crippen LogP contribution in [0.1, 0.15) is 35.3 Å². The number of benzene rings is 2. The highest BCUT2D eigenvalue weighted by Gasteiger charge is 2.07. The lowest BCUT2D eigenvalue weighted by atomic mass is 10.0. The number of carbonyl (C=O) groups excluding carboxylic acids is 1. The van der Waals surface area contributed by atoms with Crippen molar-refractivity contribution in [2.75, 3.05) is 11.9 Å². The fourth-order valence-electron chi connectivity index (χ4n) is 2.33. The molecule has 5 heteroatoms. The standard InChI is InChI=1S/C19H22FN3O/c1-3-22-11-16-10-14(4-5-15(16)12-24)19(21)13(2)23-18-8-6-17(20)7-9-18/h4-10,12,22-23H,3,11,21H2,1-2H3/b19-13-. The van der Waals surface area contributed by atoms with Crippen molar-refractivity contribution in [3.05, 3.63) is 70.7 Å². The van der Waals surface area contributed by atoms with Crippen LogP contribution >= 0.6 is 0 Å². The van der Waals surface area contributed by atoms with Gasteiger partial charge >= 0.3 is 0 Å². The largest absolute Gasteiger partial charge is 0.397 e. The van der Waals surface area contributed by atoms with Gasteiger partial charge in [-0.1, -0.05) is 19.1 Å². The Bertz CT molecular complexity index is 739. The van der Waals surface area contributed by atoms with E-state index in [1.807, 2.05) is 26.0 Å². The van der Waals surface area contributed by atoms with Gasteiger partial charge in [-0.3, -0.25) is 4.79 Å². The van der Waals surface area contributed by atoms with Gasteiger partial charge in [-0.2, -0.15) is 0 Å². The van der Waals surface area contributed by atoms with Crippen LogP contribution in [0.25, 0.3) is 5.70 Å². The molecule has 0 spiro atoms. The maximum Gasteiger partial charge on any atom is 0.150 e. The number of aldehydes is 1.